The Kier molecular flexibility index (Phi) is 5.55. The second kappa shape index (κ2) is 7.85. The summed E-state index contributed by atoms with van der Waals surface area (Å²) in [6.45, 7) is 11.2. The molecule has 1 saturated heterocycles. The van der Waals surface area contributed by atoms with Crippen molar-refractivity contribution in [2.45, 2.75) is 40.0 Å². The van der Waals surface area contributed by atoms with Crippen molar-refractivity contribution in [1.82, 2.24) is 14.9 Å². The molecule has 5 nitrogen and oxygen atoms in total. The van der Waals surface area contributed by atoms with Crippen molar-refractivity contribution in [2.75, 3.05) is 31.1 Å². The number of amides is 1. The van der Waals surface area contributed by atoms with Crippen LogP contribution in [0.2, 0.25) is 0 Å². The molecule has 138 valence electrons. The Bertz CT molecular complexity index is 767. The lowest BCUT2D eigenvalue weighted by atomic mass is 9.95. The molecule has 1 aliphatic heterocycles. The molecule has 26 heavy (non-hydrogen) atoms. The summed E-state index contributed by atoms with van der Waals surface area (Å²) in [6, 6.07) is 10.1. The Morgan fingerprint density at radius 2 is 1.69 bits per heavy atom. The Balaban J connectivity index is 1.69. The summed E-state index contributed by atoms with van der Waals surface area (Å²) in [4.78, 5) is 26.4. The van der Waals surface area contributed by atoms with Crippen LogP contribution in [0.4, 0.5) is 5.82 Å². The first-order valence-corrected chi connectivity index (χ1v) is 9.41. The zero-order chi connectivity index (χ0) is 18.7. The van der Waals surface area contributed by atoms with E-state index < -0.39 is 0 Å². The number of carbonyl (C=O) groups is 1. The van der Waals surface area contributed by atoms with Gasteiger partial charge < -0.3 is 9.80 Å². The lowest BCUT2D eigenvalue weighted by molar-refractivity contribution is -0.133. The van der Waals surface area contributed by atoms with Crippen molar-refractivity contribution in [2.24, 2.45) is 0 Å². The van der Waals surface area contributed by atoms with Crippen molar-refractivity contribution < 1.29 is 4.79 Å². The molecule has 1 amide bonds. The maximum Gasteiger partial charge on any atom is 0.230 e. The molecule has 0 spiro atoms. The second-order valence-corrected chi connectivity index (χ2v) is 6.99. The van der Waals surface area contributed by atoms with Gasteiger partial charge in [0.25, 0.3) is 0 Å². The molecule has 0 bridgehead atoms. The van der Waals surface area contributed by atoms with Crippen LogP contribution in [0.25, 0.3) is 0 Å². The van der Waals surface area contributed by atoms with Gasteiger partial charge in [-0.2, -0.15) is 0 Å². The predicted octanol–water partition coefficient (Wildman–Crippen LogP) is 3.24. The molecule has 0 saturated carbocycles. The number of aromatic nitrogens is 2. The summed E-state index contributed by atoms with van der Waals surface area (Å²) in [5, 5.41) is 0. The molecular formula is C21H28N4O. The Labute approximate surface area is 156 Å². The molecule has 2 aromatic rings. The van der Waals surface area contributed by atoms with Crippen LogP contribution in [0.1, 0.15) is 41.9 Å². The van der Waals surface area contributed by atoms with E-state index in [0.29, 0.717) is 0 Å². The molecule has 0 radical (unpaired) electrons. The summed E-state index contributed by atoms with van der Waals surface area (Å²) in [6.07, 6.45) is 0.826. The van der Waals surface area contributed by atoms with Gasteiger partial charge in [-0.3, -0.25) is 4.79 Å². The van der Waals surface area contributed by atoms with Gasteiger partial charge in [0, 0.05) is 37.4 Å². The van der Waals surface area contributed by atoms with Crippen LogP contribution in [-0.4, -0.2) is 47.0 Å². The fraction of sp³-hybridized carbons (Fsp3) is 0.476. The number of hydrogen-bond donors (Lipinski definition) is 0. The SMILES string of the molecule is CCC(C(=O)N1CCN(c2nc(C)nc(C)c2C)CC1)c1ccccc1. The predicted molar refractivity (Wildman–Crippen MR) is 105 cm³/mol. The first-order valence-electron chi connectivity index (χ1n) is 9.41. The summed E-state index contributed by atoms with van der Waals surface area (Å²) in [5.74, 6) is 2.01. The molecule has 3 rings (SSSR count). The first kappa shape index (κ1) is 18.4. The monoisotopic (exact) mass is 352 g/mol. The topological polar surface area (TPSA) is 49.3 Å². The van der Waals surface area contributed by atoms with Crippen LogP contribution in [0, 0.1) is 20.8 Å². The quantitative estimate of drug-likeness (QED) is 0.848. The van der Waals surface area contributed by atoms with Gasteiger partial charge in [0.2, 0.25) is 5.91 Å². The lowest BCUT2D eigenvalue weighted by Crippen LogP contribution is -2.50. The van der Waals surface area contributed by atoms with Crippen molar-refractivity contribution in [1.29, 1.82) is 0 Å². The van der Waals surface area contributed by atoms with Gasteiger partial charge in [0.1, 0.15) is 11.6 Å². The van der Waals surface area contributed by atoms with Crippen LogP contribution < -0.4 is 4.90 Å². The molecule has 1 aliphatic rings. The minimum absolute atomic E-state index is 0.0481. The average molecular weight is 352 g/mol. The Hall–Kier alpha value is -2.43. The average Bonchev–Trinajstić information content (AvgIpc) is 2.66. The second-order valence-electron chi connectivity index (χ2n) is 6.99. The molecule has 1 unspecified atom stereocenters. The summed E-state index contributed by atoms with van der Waals surface area (Å²) >= 11 is 0. The van der Waals surface area contributed by atoms with Gasteiger partial charge >= 0.3 is 0 Å². The largest absolute Gasteiger partial charge is 0.353 e. The van der Waals surface area contributed by atoms with Gasteiger partial charge in [-0.05, 0) is 32.8 Å². The van der Waals surface area contributed by atoms with Crippen molar-refractivity contribution in [3.05, 3.63) is 53.0 Å². The van der Waals surface area contributed by atoms with E-state index in [1.807, 2.05) is 36.9 Å². The zero-order valence-corrected chi connectivity index (χ0v) is 16.2. The van der Waals surface area contributed by atoms with Crippen molar-refractivity contribution in [3.8, 4) is 0 Å². The highest BCUT2D eigenvalue weighted by atomic mass is 16.2. The van der Waals surface area contributed by atoms with Crippen molar-refractivity contribution in [3.63, 3.8) is 0 Å². The highest BCUT2D eigenvalue weighted by molar-refractivity contribution is 5.84. The standard InChI is InChI=1S/C21H28N4O/c1-5-19(18-9-7-6-8-10-18)21(26)25-13-11-24(12-14-25)20-15(2)16(3)22-17(4)23-20/h6-10,19H,5,11-14H2,1-4H3. The minimum atomic E-state index is -0.0481. The van der Waals surface area contributed by atoms with Gasteiger partial charge in [0.15, 0.2) is 0 Å². The molecule has 1 atom stereocenters. The van der Waals surface area contributed by atoms with E-state index in [2.05, 4.69) is 40.8 Å². The maximum absolute atomic E-state index is 13.0. The zero-order valence-electron chi connectivity index (χ0n) is 16.2. The van der Waals surface area contributed by atoms with E-state index in [-0.39, 0.29) is 11.8 Å². The van der Waals surface area contributed by atoms with Gasteiger partial charge in [-0.15, -0.1) is 0 Å². The molecular weight excluding hydrogens is 324 g/mol. The van der Waals surface area contributed by atoms with Gasteiger partial charge in [0.05, 0.1) is 5.92 Å². The number of carbonyl (C=O) groups excluding carboxylic acids is 1. The third-order valence-electron chi connectivity index (χ3n) is 5.27. The Morgan fingerprint density at radius 3 is 2.31 bits per heavy atom. The van der Waals surface area contributed by atoms with E-state index in [4.69, 9.17) is 0 Å². The van der Waals surface area contributed by atoms with Gasteiger partial charge in [-0.1, -0.05) is 37.3 Å². The number of piperazine rings is 1. The normalized spacial score (nSPS) is 15.8. The fourth-order valence-corrected chi connectivity index (χ4v) is 3.66. The third-order valence-corrected chi connectivity index (χ3v) is 5.27. The number of nitrogens with zero attached hydrogens (tertiary/aromatic N) is 4. The van der Waals surface area contributed by atoms with E-state index >= 15 is 0 Å². The maximum atomic E-state index is 13.0. The number of rotatable bonds is 4. The summed E-state index contributed by atoms with van der Waals surface area (Å²) in [7, 11) is 0. The number of anilines is 1. The van der Waals surface area contributed by atoms with E-state index in [1.54, 1.807) is 0 Å². The molecule has 2 heterocycles. The molecule has 1 aromatic heterocycles. The lowest BCUT2D eigenvalue weighted by Gasteiger charge is -2.37. The molecule has 1 fully saturated rings. The van der Waals surface area contributed by atoms with E-state index in [0.717, 1.165) is 61.1 Å². The Morgan fingerprint density at radius 1 is 1.04 bits per heavy atom. The first-order chi connectivity index (χ1) is 12.5. The third kappa shape index (κ3) is 3.71. The van der Waals surface area contributed by atoms with Crippen LogP contribution >= 0.6 is 0 Å². The highest BCUT2D eigenvalue weighted by Gasteiger charge is 2.28. The molecule has 5 heteroatoms. The number of benzene rings is 1. The van der Waals surface area contributed by atoms with Gasteiger partial charge in [-0.25, -0.2) is 9.97 Å². The van der Waals surface area contributed by atoms with Crippen LogP contribution in [0.15, 0.2) is 30.3 Å². The van der Waals surface area contributed by atoms with Crippen LogP contribution in [-0.2, 0) is 4.79 Å². The van der Waals surface area contributed by atoms with Crippen molar-refractivity contribution >= 4 is 11.7 Å². The van der Waals surface area contributed by atoms with Crippen LogP contribution in [0.3, 0.4) is 0 Å². The molecule has 0 N–H and O–H groups in total. The summed E-state index contributed by atoms with van der Waals surface area (Å²) in [5.41, 5.74) is 3.27. The van der Waals surface area contributed by atoms with E-state index in [1.165, 1.54) is 0 Å². The molecule has 0 aliphatic carbocycles. The van der Waals surface area contributed by atoms with Crippen LogP contribution in [0.5, 0.6) is 0 Å². The highest BCUT2D eigenvalue weighted by Crippen LogP contribution is 2.25. The minimum Gasteiger partial charge on any atom is -0.353 e. The smallest absolute Gasteiger partial charge is 0.230 e. The fourth-order valence-electron chi connectivity index (χ4n) is 3.66. The molecule has 1 aromatic carbocycles. The number of hydrogen-bond acceptors (Lipinski definition) is 4. The van der Waals surface area contributed by atoms with E-state index in [9.17, 15) is 4.79 Å². The summed E-state index contributed by atoms with van der Waals surface area (Å²) < 4.78 is 0. The number of aryl methyl sites for hydroxylation is 2.